The fourth-order valence-corrected chi connectivity index (χ4v) is 3.39. The van der Waals surface area contributed by atoms with E-state index in [1.807, 2.05) is 11.8 Å². The summed E-state index contributed by atoms with van der Waals surface area (Å²) in [5.41, 5.74) is 0. The molecule has 2 rings (SSSR count). The zero-order valence-electron chi connectivity index (χ0n) is 9.71. The third-order valence-electron chi connectivity index (χ3n) is 3.17. The van der Waals surface area contributed by atoms with E-state index >= 15 is 0 Å². The van der Waals surface area contributed by atoms with Gasteiger partial charge in [0.25, 0.3) is 0 Å². The zero-order chi connectivity index (χ0) is 12.1. The Balaban J connectivity index is 1.84. The molecule has 4 heteroatoms. The number of benzene rings is 1. The summed E-state index contributed by atoms with van der Waals surface area (Å²) in [6.45, 7) is 0.732. The first kappa shape index (κ1) is 12.6. The summed E-state index contributed by atoms with van der Waals surface area (Å²) in [6.07, 6.45) is 1.18. The maximum Gasteiger partial charge on any atom is 0.119 e. The second-order valence-corrected chi connectivity index (χ2v) is 5.52. The van der Waals surface area contributed by atoms with Gasteiger partial charge in [0.2, 0.25) is 0 Å². The van der Waals surface area contributed by atoms with Crippen LogP contribution in [0.5, 0.6) is 11.5 Å². The van der Waals surface area contributed by atoms with Crippen LogP contribution in [0.15, 0.2) is 24.3 Å². The summed E-state index contributed by atoms with van der Waals surface area (Å²) >= 11 is 1.95. The topological polar surface area (TPSA) is 49.7 Å². The van der Waals surface area contributed by atoms with Crippen LogP contribution in [-0.4, -0.2) is 34.9 Å². The summed E-state index contributed by atoms with van der Waals surface area (Å²) in [5.74, 6) is 4.10. The Bertz CT molecular complexity index is 333. The van der Waals surface area contributed by atoms with Gasteiger partial charge in [-0.05, 0) is 48.1 Å². The average Bonchev–Trinajstić information content (AvgIpc) is 2.86. The highest BCUT2D eigenvalue weighted by molar-refractivity contribution is 7.99. The number of aromatic hydroxyl groups is 1. The molecule has 1 aliphatic rings. The van der Waals surface area contributed by atoms with Crippen LogP contribution < -0.4 is 4.74 Å². The van der Waals surface area contributed by atoms with Crippen molar-refractivity contribution in [3.63, 3.8) is 0 Å². The molecule has 0 aliphatic carbocycles. The molecule has 1 heterocycles. The van der Waals surface area contributed by atoms with Gasteiger partial charge in [0.15, 0.2) is 0 Å². The van der Waals surface area contributed by atoms with Crippen LogP contribution in [0.25, 0.3) is 0 Å². The van der Waals surface area contributed by atoms with Gasteiger partial charge in [0.1, 0.15) is 11.5 Å². The van der Waals surface area contributed by atoms with Gasteiger partial charge >= 0.3 is 0 Å². The zero-order valence-corrected chi connectivity index (χ0v) is 10.5. The predicted octanol–water partition coefficient (Wildman–Crippen LogP) is 2.13. The second kappa shape index (κ2) is 6.17. The molecule has 0 amide bonds. The Labute approximate surface area is 106 Å². The number of aliphatic hydroxyl groups excluding tert-OH is 1. The Kier molecular flexibility index (Phi) is 4.57. The molecule has 2 unspecified atom stereocenters. The fourth-order valence-electron chi connectivity index (χ4n) is 2.01. The van der Waals surface area contributed by atoms with Gasteiger partial charge < -0.3 is 14.9 Å². The molecule has 0 radical (unpaired) electrons. The molecule has 0 aromatic heterocycles. The van der Waals surface area contributed by atoms with Crippen molar-refractivity contribution in [2.75, 3.05) is 24.7 Å². The minimum Gasteiger partial charge on any atom is -0.508 e. The normalized spacial score (nSPS) is 21.4. The molecular formula is C13H18O3S. The Morgan fingerprint density at radius 3 is 2.71 bits per heavy atom. The van der Waals surface area contributed by atoms with E-state index in [2.05, 4.69) is 0 Å². The van der Waals surface area contributed by atoms with E-state index in [1.54, 1.807) is 24.3 Å². The van der Waals surface area contributed by atoms with E-state index in [9.17, 15) is 5.11 Å². The van der Waals surface area contributed by atoms with Crippen LogP contribution in [-0.2, 0) is 0 Å². The van der Waals surface area contributed by atoms with E-state index in [0.29, 0.717) is 12.5 Å². The summed E-state index contributed by atoms with van der Waals surface area (Å²) in [7, 11) is 0. The monoisotopic (exact) mass is 254 g/mol. The van der Waals surface area contributed by atoms with Gasteiger partial charge in [-0.1, -0.05) is 0 Å². The first-order valence-electron chi connectivity index (χ1n) is 5.90. The number of aliphatic hydroxyl groups is 1. The second-order valence-electron chi connectivity index (χ2n) is 4.37. The minimum absolute atomic E-state index is 0.184. The van der Waals surface area contributed by atoms with Crippen LogP contribution in [0.4, 0.5) is 0 Å². The maximum absolute atomic E-state index is 9.38. The molecule has 0 bridgehead atoms. The standard InChI is InChI=1S/C13H18O3S/c14-7-11(10-5-6-17-9-10)8-16-13-3-1-12(15)2-4-13/h1-4,10-11,14-15H,5-9H2. The summed E-state index contributed by atoms with van der Waals surface area (Å²) in [5, 5.41) is 18.5. The Morgan fingerprint density at radius 1 is 1.35 bits per heavy atom. The third kappa shape index (κ3) is 3.54. The molecule has 1 aliphatic heterocycles. The molecule has 94 valence electrons. The smallest absolute Gasteiger partial charge is 0.119 e. The molecule has 1 fully saturated rings. The third-order valence-corrected chi connectivity index (χ3v) is 4.36. The van der Waals surface area contributed by atoms with Crippen LogP contribution in [0.3, 0.4) is 0 Å². The van der Waals surface area contributed by atoms with E-state index in [0.717, 1.165) is 11.5 Å². The van der Waals surface area contributed by atoms with Gasteiger partial charge in [0, 0.05) is 12.5 Å². The predicted molar refractivity (Wildman–Crippen MR) is 69.6 cm³/mol. The Morgan fingerprint density at radius 2 is 2.12 bits per heavy atom. The number of ether oxygens (including phenoxy) is 1. The Hall–Kier alpha value is -0.870. The first-order valence-corrected chi connectivity index (χ1v) is 7.05. The van der Waals surface area contributed by atoms with Gasteiger partial charge in [0.05, 0.1) is 6.61 Å². The number of hydrogen-bond donors (Lipinski definition) is 2. The number of rotatable bonds is 5. The first-order chi connectivity index (χ1) is 8.29. The molecule has 2 N–H and O–H groups in total. The van der Waals surface area contributed by atoms with E-state index in [4.69, 9.17) is 9.84 Å². The van der Waals surface area contributed by atoms with Crippen LogP contribution in [0.2, 0.25) is 0 Å². The number of phenolic OH excluding ortho intramolecular Hbond substituents is 1. The van der Waals surface area contributed by atoms with E-state index < -0.39 is 0 Å². The maximum atomic E-state index is 9.38. The van der Waals surface area contributed by atoms with Crippen LogP contribution >= 0.6 is 11.8 Å². The van der Waals surface area contributed by atoms with Crippen molar-refractivity contribution in [2.24, 2.45) is 11.8 Å². The van der Waals surface area contributed by atoms with Crippen molar-refractivity contribution < 1.29 is 14.9 Å². The molecular weight excluding hydrogens is 236 g/mol. The molecule has 1 aromatic carbocycles. The van der Waals surface area contributed by atoms with Gasteiger partial charge in [-0.25, -0.2) is 0 Å². The molecule has 1 aromatic rings. The van der Waals surface area contributed by atoms with Crippen LogP contribution in [0.1, 0.15) is 6.42 Å². The van der Waals surface area contributed by atoms with Crippen molar-refractivity contribution >= 4 is 11.8 Å². The lowest BCUT2D eigenvalue weighted by atomic mass is 9.93. The number of thioether (sulfide) groups is 1. The molecule has 2 atom stereocenters. The SMILES string of the molecule is OCC(COc1ccc(O)cc1)C1CCSC1. The molecule has 3 nitrogen and oxygen atoms in total. The molecule has 1 saturated heterocycles. The number of hydrogen-bond acceptors (Lipinski definition) is 4. The highest BCUT2D eigenvalue weighted by Crippen LogP contribution is 2.30. The number of phenols is 1. The van der Waals surface area contributed by atoms with Gasteiger partial charge in [-0.3, -0.25) is 0 Å². The van der Waals surface area contributed by atoms with Crippen molar-refractivity contribution in [3.8, 4) is 11.5 Å². The van der Waals surface area contributed by atoms with Crippen molar-refractivity contribution in [1.29, 1.82) is 0 Å². The van der Waals surface area contributed by atoms with Crippen LogP contribution in [0, 0.1) is 11.8 Å². The fraction of sp³-hybridized carbons (Fsp3) is 0.538. The van der Waals surface area contributed by atoms with Crippen molar-refractivity contribution in [3.05, 3.63) is 24.3 Å². The van der Waals surface area contributed by atoms with E-state index in [-0.39, 0.29) is 18.3 Å². The van der Waals surface area contributed by atoms with Crippen molar-refractivity contribution in [1.82, 2.24) is 0 Å². The van der Waals surface area contributed by atoms with Gasteiger partial charge in [-0.2, -0.15) is 11.8 Å². The largest absolute Gasteiger partial charge is 0.508 e. The van der Waals surface area contributed by atoms with E-state index in [1.165, 1.54) is 12.2 Å². The summed E-state index contributed by atoms with van der Waals surface area (Å²) in [4.78, 5) is 0. The lowest BCUT2D eigenvalue weighted by Gasteiger charge is -2.20. The quantitative estimate of drug-likeness (QED) is 0.845. The molecule has 0 saturated carbocycles. The summed E-state index contributed by atoms with van der Waals surface area (Å²) in [6, 6.07) is 6.70. The average molecular weight is 254 g/mol. The van der Waals surface area contributed by atoms with Crippen molar-refractivity contribution in [2.45, 2.75) is 6.42 Å². The lowest BCUT2D eigenvalue weighted by molar-refractivity contribution is 0.126. The highest BCUT2D eigenvalue weighted by Gasteiger charge is 2.25. The van der Waals surface area contributed by atoms with Gasteiger partial charge in [-0.15, -0.1) is 0 Å². The lowest BCUT2D eigenvalue weighted by Crippen LogP contribution is -2.25. The minimum atomic E-state index is 0.184. The molecule has 0 spiro atoms. The molecule has 17 heavy (non-hydrogen) atoms. The summed E-state index contributed by atoms with van der Waals surface area (Å²) < 4.78 is 5.65. The highest BCUT2D eigenvalue weighted by atomic mass is 32.2.